The highest BCUT2D eigenvalue weighted by Crippen LogP contribution is 2.25. The third kappa shape index (κ3) is 4.46. The van der Waals surface area contributed by atoms with E-state index < -0.39 is 0 Å². The van der Waals surface area contributed by atoms with Crippen molar-refractivity contribution in [2.45, 2.75) is 40.2 Å². The lowest BCUT2D eigenvalue weighted by molar-refractivity contribution is 0.300. The average Bonchev–Trinajstić information content (AvgIpc) is 2.30. The number of hydrogen-bond donors (Lipinski definition) is 1. The minimum absolute atomic E-state index is 0.452. The van der Waals surface area contributed by atoms with Gasteiger partial charge in [0.15, 0.2) is 0 Å². The Labute approximate surface area is 121 Å². The Morgan fingerprint density at radius 1 is 1.17 bits per heavy atom. The fraction of sp³-hybridized carbons (Fsp3) is 0.600. The fourth-order valence-corrected chi connectivity index (χ4v) is 2.58. The normalized spacial score (nSPS) is 14.8. The van der Waals surface area contributed by atoms with Crippen LogP contribution in [0.25, 0.3) is 0 Å². The monoisotopic (exact) mass is 287 g/mol. The maximum Gasteiger partial charge on any atom is 0.0453 e. The Hall–Kier alpha value is -0.240. The zero-order valence-corrected chi connectivity index (χ0v) is 13.1. The molecule has 0 amide bonds. The molecule has 0 saturated carbocycles. The molecule has 2 atom stereocenters. The number of rotatable bonds is 6. The molecule has 1 aromatic carbocycles. The summed E-state index contributed by atoms with van der Waals surface area (Å²) in [7, 11) is 0. The molecule has 1 rings (SSSR count). The highest BCUT2D eigenvalue weighted by Gasteiger charge is 2.20. The zero-order valence-electron chi connectivity index (χ0n) is 11.6. The van der Waals surface area contributed by atoms with Crippen LogP contribution in [0.1, 0.15) is 33.3 Å². The van der Waals surface area contributed by atoms with Crippen LogP contribution in [0.2, 0.25) is 10.0 Å². The molecule has 0 aliphatic rings. The predicted octanol–water partition coefficient (Wildman–Crippen LogP) is 4.81. The molecule has 2 unspecified atom stereocenters. The lowest BCUT2D eigenvalue weighted by Gasteiger charge is -2.28. The summed E-state index contributed by atoms with van der Waals surface area (Å²) in [6.07, 6.45) is 0.948. The third-order valence-corrected chi connectivity index (χ3v) is 4.19. The van der Waals surface area contributed by atoms with Crippen molar-refractivity contribution in [1.29, 1.82) is 0 Å². The lowest BCUT2D eigenvalue weighted by atomic mass is 9.86. The minimum Gasteiger partial charge on any atom is -0.314 e. The van der Waals surface area contributed by atoms with Crippen LogP contribution in [0.3, 0.4) is 0 Å². The summed E-state index contributed by atoms with van der Waals surface area (Å²) in [6.45, 7) is 9.94. The van der Waals surface area contributed by atoms with Crippen molar-refractivity contribution in [1.82, 2.24) is 5.32 Å². The van der Waals surface area contributed by atoms with Crippen LogP contribution in [0, 0.1) is 11.8 Å². The van der Waals surface area contributed by atoms with Gasteiger partial charge in [0.2, 0.25) is 0 Å². The van der Waals surface area contributed by atoms with Crippen molar-refractivity contribution in [2.75, 3.05) is 6.54 Å². The SMILES string of the molecule is CCNC(Cc1ccc(Cl)cc1Cl)C(C)C(C)C. The summed E-state index contributed by atoms with van der Waals surface area (Å²) in [5.74, 6) is 1.26. The van der Waals surface area contributed by atoms with Crippen LogP contribution in [-0.4, -0.2) is 12.6 Å². The van der Waals surface area contributed by atoms with Gasteiger partial charge in [-0.1, -0.05) is 57.0 Å². The summed E-state index contributed by atoms with van der Waals surface area (Å²) in [5.41, 5.74) is 1.17. The molecule has 0 bridgehead atoms. The molecule has 0 radical (unpaired) electrons. The van der Waals surface area contributed by atoms with Gasteiger partial charge in [-0.25, -0.2) is 0 Å². The fourth-order valence-electron chi connectivity index (χ4n) is 2.09. The number of likely N-dealkylation sites (N-methyl/N-ethyl adjacent to an activating group) is 1. The molecule has 1 aromatic rings. The molecule has 0 aliphatic heterocycles. The molecule has 0 saturated heterocycles. The molecule has 1 nitrogen and oxygen atoms in total. The van der Waals surface area contributed by atoms with E-state index in [1.54, 1.807) is 0 Å². The van der Waals surface area contributed by atoms with Crippen LogP contribution in [0.5, 0.6) is 0 Å². The van der Waals surface area contributed by atoms with E-state index in [4.69, 9.17) is 23.2 Å². The zero-order chi connectivity index (χ0) is 13.7. The molecule has 18 heavy (non-hydrogen) atoms. The van der Waals surface area contributed by atoms with Gasteiger partial charge in [0.1, 0.15) is 0 Å². The summed E-state index contributed by atoms with van der Waals surface area (Å²) in [6, 6.07) is 6.21. The molecule has 1 N–H and O–H groups in total. The van der Waals surface area contributed by atoms with E-state index in [2.05, 4.69) is 33.0 Å². The van der Waals surface area contributed by atoms with E-state index in [9.17, 15) is 0 Å². The van der Waals surface area contributed by atoms with Crippen molar-refractivity contribution >= 4 is 23.2 Å². The van der Waals surface area contributed by atoms with Gasteiger partial charge in [-0.15, -0.1) is 0 Å². The average molecular weight is 288 g/mol. The first kappa shape index (κ1) is 15.8. The first-order chi connectivity index (χ1) is 8.45. The van der Waals surface area contributed by atoms with Crippen LogP contribution in [-0.2, 0) is 6.42 Å². The minimum atomic E-state index is 0.452. The third-order valence-electron chi connectivity index (χ3n) is 3.61. The largest absolute Gasteiger partial charge is 0.314 e. The molecule has 0 aliphatic carbocycles. The topological polar surface area (TPSA) is 12.0 Å². The van der Waals surface area contributed by atoms with Gasteiger partial charge in [-0.3, -0.25) is 0 Å². The predicted molar refractivity (Wildman–Crippen MR) is 81.6 cm³/mol. The molecule has 0 spiro atoms. The van der Waals surface area contributed by atoms with Crippen LogP contribution < -0.4 is 5.32 Å². The van der Waals surface area contributed by atoms with E-state index in [1.807, 2.05) is 18.2 Å². The summed E-state index contributed by atoms with van der Waals surface area (Å²) < 4.78 is 0. The van der Waals surface area contributed by atoms with Gasteiger partial charge >= 0.3 is 0 Å². The maximum absolute atomic E-state index is 6.25. The molecular weight excluding hydrogens is 265 g/mol. The van der Waals surface area contributed by atoms with E-state index in [1.165, 1.54) is 5.56 Å². The first-order valence-electron chi connectivity index (χ1n) is 6.63. The van der Waals surface area contributed by atoms with Crippen molar-refractivity contribution < 1.29 is 0 Å². The van der Waals surface area contributed by atoms with Crippen LogP contribution in [0.4, 0.5) is 0 Å². The summed E-state index contributed by atoms with van der Waals surface area (Å²) in [4.78, 5) is 0. The van der Waals surface area contributed by atoms with Crippen LogP contribution in [0.15, 0.2) is 18.2 Å². The summed E-state index contributed by atoms with van der Waals surface area (Å²) >= 11 is 12.2. The van der Waals surface area contributed by atoms with Gasteiger partial charge < -0.3 is 5.32 Å². The second kappa shape index (κ2) is 7.37. The van der Waals surface area contributed by atoms with Gasteiger partial charge in [-0.05, 0) is 42.5 Å². The molecule has 0 fully saturated rings. The maximum atomic E-state index is 6.25. The highest BCUT2D eigenvalue weighted by molar-refractivity contribution is 6.35. The second-order valence-corrected chi connectivity index (χ2v) is 6.05. The van der Waals surface area contributed by atoms with E-state index >= 15 is 0 Å². The smallest absolute Gasteiger partial charge is 0.0453 e. The Kier molecular flexibility index (Phi) is 6.48. The van der Waals surface area contributed by atoms with Crippen LogP contribution >= 0.6 is 23.2 Å². The second-order valence-electron chi connectivity index (χ2n) is 5.21. The highest BCUT2D eigenvalue weighted by atomic mass is 35.5. The molecule has 0 aromatic heterocycles. The molecule has 0 heterocycles. The lowest BCUT2D eigenvalue weighted by Crippen LogP contribution is -2.39. The standard InChI is InChI=1S/C15H23Cl2N/c1-5-18-15(11(4)10(2)3)8-12-6-7-13(16)9-14(12)17/h6-7,9-11,15,18H,5,8H2,1-4H3. The van der Waals surface area contributed by atoms with E-state index in [-0.39, 0.29) is 0 Å². The number of halogens is 2. The Balaban J connectivity index is 2.82. The molecule has 3 heteroatoms. The Morgan fingerprint density at radius 3 is 2.33 bits per heavy atom. The number of nitrogens with one attached hydrogen (secondary N) is 1. The quantitative estimate of drug-likeness (QED) is 0.792. The first-order valence-corrected chi connectivity index (χ1v) is 7.38. The number of hydrogen-bond acceptors (Lipinski definition) is 1. The van der Waals surface area contributed by atoms with E-state index in [0.29, 0.717) is 22.9 Å². The van der Waals surface area contributed by atoms with Gasteiger partial charge in [-0.2, -0.15) is 0 Å². The summed E-state index contributed by atoms with van der Waals surface area (Å²) in [5, 5.41) is 5.02. The van der Waals surface area contributed by atoms with Crippen molar-refractivity contribution in [3.8, 4) is 0 Å². The van der Waals surface area contributed by atoms with Crippen molar-refractivity contribution in [3.05, 3.63) is 33.8 Å². The molecular formula is C15H23Cl2N. The Bertz CT molecular complexity index is 377. The number of benzene rings is 1. The van der Waals surface area contributed by atoms with Crippen molar-refractivity contribution in [3.63, 3.8) is 0 Å². The molecule has 102 valence electrons. The van der Waals surface area contributed by atoms with Gasteiger partial charge in [0.05, 0.1) is 0 Å². The van der Waals surface area contributed by atoms with Gasteiger partial charge in [0.25, 0.3) is 0 Å². The Morgan fingerprint density at radius 2 is 1.83 bits per heavy atom. The van der Waals surface area contributed by atoms with E-state index in [0.717, 1.165) is 18.0 Å². The van der Waals surface area contributed by atoms with Crippen molar-refractivity contribution in [2.24, 2.45) is 11.8 Å². The van der Waals surface area contributed by atoms with Gasteiger partial charge in [0, 0.05) is 16.1 Å².